The minimum atomic E-state index is -0.939. The summed E-state index contributed by atoms with van der Waals surface area (Å²) in [5.41, 5.74) is 1.06. The number of carboxylic acid groups (broad SMARTS) is 1. The minimum absolute atomic E-state index is 0.258. The lowest BCUT2D eigenvalue weighted by atomic mass is 10.1. The Kier molecular flexibility index (Phi) is 2.81. The van der Waals surface area contributed by atoms with Crippen LogP contribution in [0.25, 0.3) is 11.4 Å². The van der Waals surface area contributed by atoms with Crippen LogP contribution in [0.2, 0.25) is 0 Å². The van der Waals surface area contributed by atoms with E-state index in [2.05, 4.69) is 32.7 Å². The Morgan fingerprint density at radius 2 is 2.22 bits per heavy atom. The van der Waals surface area contributed by atoms with Gasteiger partial charge in [-0.2, -0.15) is 4.98 Å². The number of aromatic carboxylic acids is 1. The van der Waals surface area contributed by atoms with Gasteiger partial charge in [0.2, 0.25) is 11.7 Å². The normalized spacial score (nSPS) is 14.7. The molecule has 0 unspecified atom stereocenters. The van der Waals surface area contributed by atoms with E-state index in [-0.39, 0.29) is 5.56 Å². The van der Waals surface area contributed by atoms with Crippen molar-refractivity contribution < 1.29 is 14.4 Å². The molecule has 5 nitrogen and oxygen atoms in total. The molecule has 92 valence electrons. The number of carbonyl (C=O) groups is 1. The highest BCUT2D eigenvalue weighted by Gasteiger charge is 2.30. The summed E-state index contributed by atoms with van der Waals surface area (Å²) >= 11 is 2.08. The largest absolute Gasteiger partial charge is 0.478 e. The van der Waals surface area contributed by atoms with Crippen molar-refractivity contribution in [2.75, 3.05) is 0 Å². The van der Waals surface area contributed by atoms with Gasteiger partial charge in [-0.05, 0) is 53.6 Å². The van der Waals surface area contributed by atoms with Gasteiger partial charge in [0.15, 0.2) is 0 Å². The van der Waals surface area contributed by atoms with Crippen molar-refractivity contribution in [3.8, 4) is 11.4 Å². The summed E-state index contributed by atoms with van der Waals surface area (Å²) in [6.45, 7) is 0. The molecule has 3 rings (SSSR count). The SMILES string of the molecule is O=C(O)c1ccc(-c2noc(C3CC3)n2)c(I)c1. The molecule has 1 saturated carbocycles. The monoisotopic (exact) mass is 356 g/mol. The zero-order chi connectivity index (χ0) is 12.7. The Hall–Kier alpha value is -1.44. The lowest BCUT2D eigenvalue weighted by Crippen LogP contribution is -1.97. The zero-order valence-electron chi connectivity index (χ0n) is 9.26. The van der Waals surface area contributed by atoms with Crippen LogP contribution in [-0.2, 0) is 0 Å². The van der Waals surface area contributed by atoms with Crippen molar-refractivity contribution in [2.45, 2.75) is 18.8 Å². The fraction of sp³-hybridized carbons (Fsp3) is 0.250. The molecule has 0 radical (unpaired) electrons. The number of hydrogen-bond donors (Lipinski definition) is 1. The van der Waals surface area contributed by atoms with Crippen LogP contribution in [0, 0.1) is 3.57 Å². The Morgan fingerprint density at radius 1 is 1.44 bits per heavy atom. The van der Waals surface area contributed by atoms with Gasteiger partial charge < -0.3 is 9.63 Å². The highest BCUT2D eigenvalue weighted by Crippen LogP contribution is 2.39. The molecule has 18 heavy (non-hydrogen) atoms. The second-order valence-electron chi connectivity index (χ2n) is 4.23. The second kappa shape index (κ2) is 4.34. The van der Waals surface area contributed by atoms with Crippen LogP contribution in [0.4, 0.5) is 0 Å². The molecule has 1 N–H and O–H groups in total. The zero-order valence-corrected chi connectivity index (χ0v) is 11.4. The van der Waals surface area contributed by atoms with Crippen LogP contribution < -0.4 is 0 Å². The molecule has 1 aliphatic rings. The lowest BCUT2D eigenvalue weighted by molar-refractivity contribution is 0.0697. The highest BCUT2D eigenvalue weighted by atomic mass is 127. The Morgan fingerprint density at radius 3 is 2.83 bits per heavy atom. The number of carboxylic acids is 1. The number of hydrogen-bond acceptors (Lipinski definition) is 4. The van der Waals surface area contributed by atoms with E-state index < -0.39 is 5.97 Å². The first-order valence-electron chi connectivity index (χ1n) is 5.52. The highest BCUT2D eigenvalue weighted by molar-refractivity contribution is 14.1. The van der Waals surface area contributed by atoms with E-state index in [1.165, 1.54) is 0 Å². The van der Waals surface area contributed by atoms with E-state index in [0.717, 1.165) is 22.0 Å². The molecule has 0 aliphatic heterocycles. The molecular weight excluding hydrogens is 347 g/mol. The Bertz CT molecular complexity index is 620. The number of nitrogens with zero attached hydrogens (tertiary/aromatic N) is 2. The smallest absolute Gasteiger partial charge is 0.335 e. The maximum atomic E-state index is 10.8. The van der Waals surface area contributed by atoms with Crippen LogP contribution in [0.15, 0.2) is 22.7 Å². The van der Waals surface area contributed by atoms with Crippen LogP contribution >= 0.6 is 22.6 Å². The summed E-state index contributed by atoms with van der Waals surface area (Å²) in [4.78, 5) is 15.2. The molecule has 0 amide bonds. The van der Waals surface area contributed by atoms with E-state index in [9.17, 15) is 4.79 Å². The molecule has 1 aromatic heterocycles. The molecule has 2 aromatic rings. The lowest BCUT2D eigenvalue weighted by Gasteiger charge is -2.00. The van der Waals surface area contributed by atoms with Gasteiger partial charge in [-0.15, -0.1) is 0 Å². The minimum Gasteiger partial charge on any atom is -0.478 e. The third kappa shape index (κ3) is 2.12. The Balaban J connectivity index is 1.97. The van der Waals surface area contributed by atoms with Crippen molar-refractivity contribution in [3.63, 3.8) is 0 Å². The van der Waals surface area contributed by atoms with Crippen LogP contribution in [0.1, 0.15) is 35.0 Å². The summed E-state index contributed by atoms with van der Waals surface area (Å²) in [7, 11) is 0. The average molecular weight is 356 g/mol. The standard InChI is InChI=1S/C12H9IN2O3/c13-9-5-7(12(16)17)3-4-8(9)10-14-11(18-15-10)6-1-2-6/h3-6H,1-2H2,(H,16,17). The van der Waals surface area contributed by atoms with Crippen molar-refractivity contribution >= 4 is 28.6 Å². The van der Waals surface area contributed by atoms with Crippen LogP contribution in [0.3, 0.4) is 0 Å². The van der Waals surface area contributed by atoms with Crippen molar-refractivity contribution in [1.82, 2.24) is 10.1 Å². The van der Waals surface area contributed by atoms with Gasteiger partial charge >= 0.3 is 5.97 Å². The number of aromatic nitrogens is 2. The maximum absolute atomic E-state index is 10.8. The van der Waals surface area contributed by atoms with Gasteiger partial charge in [-0.3, -0.25) is 0 Å². The molecule has 1 fully saturated rings. The molecule has 1 heterocycles. The predicted molar refractivity (Wildman–Crippen MR) is 71.4 cm³/mol. The summed E-state index contributed by atoms with van der Waals surface area (Å²) in [6, 6.07) is 4.87. The maximum Gasteiger partial charge on any atom is 0.335 e. The molecular formula is C12H9IN2O3. The molecule has 0 saturated heterocycles. The summed E-state index contributed by atoms with van der Waals surface area (Å²) in [5.74, 6) is 0.690. The van der Waals surface area contributed by atoms with Crippen molar-refractivity contribution in [2.24, 2.45) is 0 Å². The first-order valence-corrected chi connectivity index (χ1v) is 6.60. The first-order chi connectivity index (χ1) is 8.65. The van der Waals surface area contributed by atoms with Gasteiger partial charge in [0, 0.05) is 15.1 Å². The van der Waals surface area contributed by atoms with E-state index >= 15 is 0 Å². The fourth-order valence-electron chi connectivity index (χ4n) is 1.67. The number of benzene rings is 1. The van der Waals surface area contributed by atoms with Crippen LogP contribution in [0.5, 0.6) is 0 Å². The molecule has 0 bridgehead atoms. The fourth-order valence-corrected chi connectivity index (χ4v) is 2.43. The summed E-state index contributed by atoms with van der Waals surface area (Å²) < 4.78 is 6.00. The third-order valence-corrected chi connectivity index (χ3v) is 3.72. The van der Waals surface area contributed by atoms with E-state index in [0.29, 0.717) is 17.6 Å². The van der Waals surface area contributed by atoms with Gasteiger partial charge in [-0.25, -0.2) is 4.79 Å². The van der Waals surface area contributed by atoms with Gasteiger partial charge in [0.25, 0.3) is 0 Å². The number of rotatable bonds is 3. The quantitative estimate of drug-likeness (QED) is 0.856. The van der Waals surface area contributed by atoms with Gasteiger partial charge in [0.1, 0.15) is 0 Å². The summed E-state index contributed by atoms with van der Waals surface area (Å²) in [5, 5.41) is 12.8. The molecule has 1 aliphatic carbocycles. The first kappa shape index (κ1) is 11.6. The van der Waals surface area contributed by atoms with Crippen molar-refractivity contribution in [3.05, 3.63) is 33.2 Å². The molecule has 0 atom stereocenters. The van der Waals surface area contributed by atoms with Gasteiger partial charge in [-0.1, -0.05) is 5.16 Å². The second-order valence-corrected chi connectivity index (χ2v) is 5.39. The predicted octanol–water partition coefficient (Wildman–Crippen LogP) is 2.92. The van der Waals surface area contributed by atoms with Gasteiger partial charge in [0.05, 0.1) is 5.56 Å². The number of halogens is 1. The molecule has 1 aromatic carbocycles. The van der Waals surface area contributed by atoms with Crippen molar-refractivity contribution in [1.29, 1.82) is 0 Å². The molecule has 6 heteroatoms. The van der Waals surface area contributed by atoms with E-state index in [1.807, 2.05) is 0 Å². The topological polar surface area (TPSA) is 76.2 Å². The van der Waals surface area contributed by atoms with Crippen LogP contribution in [-0.4, -0.2) is 21.2 Å². The van der Waals surface area contributed by atoms with E-state index in [4.69, 9.17) is 9.63 Å². The average Bonchev–Trinajstić information content (AvgIpc) is 3.08. The molecule has 0 spiro atoms. The van der Waals surface area contributed by atoms with E-state index in [1.54, 1.807) is 18.2 Å². The third-order valence-electron chi connectivity index (χ3n) is 2.83. The summed E-state index contributed by atoms with van der Waals surface area (Å²) in [6.07, 6.45) is 2.22. The Labute approximate surface area is 116 Å².